The zero-order valence-corrected chi connectivity index (χ0v) is 12.4. The van der Waals surface area contributed by atoms with Gasteiger partial charge in [0.25, 0.3) is 5.91 Å². The Labute approximate surface area is 130 Å². The van der Waals surface area contributed by atoms with E-state index in [9.17, 15) is 10.0 Å². The zero-order chi connectivity index (χ0) is 15.4. The van der Waals surface area contributed by atoms with E-state index in [4.69, 9.17) is 0 Å². The summed E-state index contributed by atoms with van der Waals surface area (Å²) in [7, 11) is 0. The van der Waals surface area contributed by atoms with E-state index in [1.165, 1.54) is 18.1 Å². The first-order valence-electron chi connectivity index (χ1n) is 7.52. The topological polar surface area (TPSA) is 50.5 Å². The molecule has 0 aliphatic carbocycles. The summed E-state index contributed by atoms with van der Waals surface area (Å²) >= 11 is 0. The van der Waals surface area contributed by atoms with Gasteiger partial charge in [0.2, 0.25) is 0 Å². The Kier molecular flexibility index (Phi) is 4.23. The molecular weight excluding hydrogens is 278 g/mol. The number of carbonyl (C=O) groups excluding carboxylic acids is 1. The van der Waals surface area contributed by atoms with Gasteiger partial charge in [-0.2, -0.15) is 4.73 Å². The Bertz CT molecular complexity index is 628. The van der Waals surface area contributed by atoms with E-state index < -0.39 is 0 Å². The van der Waals surface area contributed by atoms with Crippen LogP contribution in [0.4, 0.5) is 5.69 Å². The second-order valence-corrected chi connectivity index (χ2v) is 5.42. The summed E-state index contributed by atoms with van der Waals surface area (Å²) in [5.74, 6) is -0.00416. The van der Waals surface area contributed by atoms with Gasteiger partial charge in [-0.25, -0.2) is 0 Å². The zero-order valence-electron chi connectivity index (χ0n) is 12.4. The largest absolute Gasteiger partial charge is 0.619 e. The molecule has 1 aromatic heterocycles. The molecule has 0 atom stereocenters. The highest BCUT2D eigenvalue weighted by molar-refractivity contribution is 5.94. The Morgan fingerprint density at radius 2 is 1.68 bits per heavy atom. The van der Waals surface area contributed by atoms with Gasteiger partial charge in [-0.3, -0.25) is 4.79 Å². The number of rotatable bonds is 2. The first-order chi connectivity index (χ1) is 10.7. The minimum atomic E-state index is -0.00416. The molecule has 3 rings (SSSR count). The fourth-order valence-corrected chi connectivity index (χ4v) is 2.76. The average molecular weight is 297 g/mol. The molecular formula is C17H19N3O2. The number of anilines is 1. The third-order valence-corrected chi connectivity index (χ3v) is 3.95. The monoisotopic (exact) mass is 297 g/mol. The molecule has 1 fully saturated rings. The van der Waals surface area contributed by atoms with E-state index in [0.717, 1.165) is 26.1 Å². The van der Waals surface area contributed by atoms with Crippen molar-refractivity contribution in [3.05, 3.63) is 65.6 Å². The molecule has 114 valence electrons. The van der Waals surface area contributed by atoms with Crippen molar-refractivity contribution in [1.82, 2.24) is 4.90 Å². The molecule has 0 unspecified atom stereocenters. The lowest BCUT2D eigenvalue weighted by Crippen LogP contribution is -2.35. The Morgan fingerprint density at radius 3 is 2.41 bits per heavy atom. The number of hydrogen-bond donors (Lipinski definition) is 0. The number of carbonyl (C=O) groups is 1. The van der Waals surface area contributed by atoms with Crippen LogP contribution >= 0.6 is 0 Å². The van der Waals surface area contributed by atoms with Crippen LogP contribution in [0.1, 0.15) is 16.8 Å². The van der Waals surface area contributed by atoms with Crippen LogP contribution in [0, 0.1) is 5.21 Å². The summed E-state index contributed by atoms with van der Waals surface area (Å²) in [5, 5.41) is 11.1. The first kappa shape index (κ1) is 14.4. The van der Waals surface area contributed by atoms with Gasteiger partial charge < -0.3 is 15.0 Å². The van der Waals surface area contributed by atoms with E-state index in [2.05, 4.69) is 17.0 Å². The van der Waals surface area contributed by atoms with Gasteiger partial charge in [0.15, 0.2) is 12.4 Å². The molecule has 2 aromatic rings. The van der Waals surface area contributed by atoms with E-state index in [1.54, 1.807) is 12.1 Å². The van der Waals surface area contributed by atoms with E-state index in [-0.39, 0.29) is 5.91 Å². The maximum atomic E-state index is 12.5. The molecule has 0 N–H and O–H groups in total. The standard InChI is InChI=1S/C17H19N3O2/c21-17(15-7-11-20(22)12-8-15)19-10-4-9-18(13-14-19)16-5-2-1-3-6-16/h1-3,5-8,11-12H,4,9-10,13-14H2. The van der Waals surface area contributed by atoms with Crippen LogP contribution in [0.3, 0.4) is 0 Å². The van der Waals surface area contributed by atoms with Crippen molar-refractivity contribution in [3.63, 3.8) is 0 Å². The normalized spacial score (nSPS) is 15.5. The molecule has 2 heterocycles. The molecule has 1 aromatic carbocycles. The number of pyridine rings is 1. The summed E-state index contributed by atoms with van der Waals surface area (Å²) in [6.45, 7) is 3.21. The van der Waals surface area contributed by atoms with Gasteiger partial charge in [0.1, 0.15) is 0 Å². The molecule has 5 heteroatoms. The highest BCUT2D eigenvalue weighted by atomic mass is 16.5. The van der Waals surface area contributed by atoms with Crippen LogP contribution in [-0.2, 0) is 0 Å². The Hall–Kier alpha value is -2.56. The van der Waals surface area contributed by atoms with Gasteiger partial charge >= 0.3 is 0 Å². The SMILES string of the molecule is O=C(c1cc[n+]([O-])cc1)N1CCCN(c2ccccc2)CC1. The summed E-state index contributed by atoms with van der Waals surface area (Å²) < 4.78 is 0.691. The van der Waals surface area contributed by atoms with Crippen LogP contribution in [0.25, 0.3) is 0 Å². The lowest BCUT2D eigenvalue weighted by Gasteiger charge is -2.23. The molecule has 0 bridgehead atoms. The van der Waals surface area contributed by atoms with Gasteiger partial charge in [-0.1, -0.05) is 18.2 Å². The van der Waals surface area contributed by atoms with Crippen molar-refractivity contribution in [2.45, 2.75) is 6.42 Å². The molecule has 22 heavy (non-hydrogen) atoms. The fraction of sp³-hybridized carbons (Fsp3) is 0.294. The molecule has 0 radical (unpaired) electrons. The van der Waals surface area contributed by atoms with Crippen molar-refractivity contribution in [2.75, 3.05) is 31.1 Å². The summed E-state index contributed by atoms with van der Waals surface area (Å²) in [4.78, 5) is 16.7. The second-order valence-electron chi connectivity index (χ2n) is 5.42. The minimum absolute atomic E-state index is 0.00416. The highest BCUT2D eigenvalue weighted by Crippen LogP contribution is 2.16. The number of nitrogens with zero attached hydrogens (tertiary/aromatic N) is 3. The number of para-hydroxylation sites is 1. The lowest BCUT2D eigenvalue weighted by molar-refractivity contribution is -0.605. The van der Waals surface area contributed by atoms with Crippen molar-refractivity contribution in [3.8, 4) is 0 Å². The van der Waals surface area contributed by atoms with E-state index >= 15 is 0 Å². The van der Waals surface area contributed by atoms with Crippen LogP contribution in [0.5, 0.6) is 0 Å². The van der Waals surface area contributed by atoms with Crippen molar-refractivity contribution in [1.29, 1.82) is 0 Å². The summed E-state index contributed by atoms with van der Waals surface area (Å²) in [5.41, 5.74) is 1.77. The van der Waals surface area contributed by atoms with Crippen LogP contribution < -0.4 is 9.63 Å². The smallest absolute Gasteiger partial charge is 0.254 e. The van der Waals surface area contributed by atoms with Gasteiger partial charge in [-0.05, 0) is 18.6 Å². The van der Waals surface area contributed by atoms with Crippen molar-refractivity contribution < 1.29 is 9.52 Å². The van der Waals surface area contributed by atoms with E-state index in [0.29, 0.717) is 16.8 Å². The van der Waals surface area contributed by atoms with Crippen molar-refractivity contribution in [2.24, 2.45) is 0 Å². The predicted molar refractivity (Wildman–Crippen MR) is 84.6 cm³/mol. The maximum absolute atomic E-state index is 12.5. The fourth-order valence-electron chi connectivity index (χ4n) is 2.76. The number of hydrogen-bond acceptors (Lipinski definition) is 3. The molecule has 0 spiro atoms. The molecule has 5 nitrogen and oxygen atoms in total. The van der Waals surface area contributed by atoms with Crippen LogP contribution in [0.2, 0.25) is 0 Å². The summed E-state index contributed by atoms with van der Waals surface area (Å²) in [6.07, 6.45) is 3.66. The highest BCUT2D eigenvalue weighted by Gasteiger charge is 2.20. The summed E-state index contributed by atoms with van der Waals surface area (Å²) in [6, 6.07) is 13.4. The van der Waals surface area contributed by atoms with Crippen molar-refractivity contribution >= 4 is 11.6 Å². The molecule has 1 aliphatic heterocycles. The molecule has 1 saturated heterocycles. The maximum Gasteiger partial charge on any atom is 0.254 e. The second kappa shape index (κ2) is 6.47. The quantitative estimate of drug-likeness (QED) is 0.626. The number of benzene rings is 1. The Morgan fingerprint density at radius 1 is 0.955 bits per heavy atom. The van der Waals surface area contributed by atoms with E-state index in [1.807, 2.05) is 23.1 Å². The molecule has 0 saturated carbocycles. The Balaban J connectivity index is 1.67. The molecule has 1 amide bonds. The number of aromatic nitrogens is 1. The van der Waals surface area contributed by atoms with Crippen LogP contribution in [0.15, 0.2) is 54.9 Å². The number of amides is 1. The average Bonchev–Trinajstić information content (AvgIpc) is 2.82. The van der Waals surface area contributed by atoms with Gasteiger partial charge in [-0.15, -0.1) is 0 Å². The minimum Gasteiger partial charge on any atom is -0.619 e. The van der Waals surface area contributed by atoms with Crippen LogP contribution in [-0.4, -0.2) is 37.0 Å². The molecule has 1 aliphatic rings. The third-order valence-electron chi connectivity index (χ3n) is 3.95. The van der Waals surface area contributed by atoms with Gasteiger partial charge in [0, 0.05) is 44.0 Å². The van der Waals surface area contributed by atoms with Gasteiger partial charge in [0.05, 0.1) is 5.56 Å². The first-order valence-corrected chi connectivity index (χ1v) is 7.52. The third kappa shape index (κ3) is 3.19. The predicted octanol–water partition coefficient (Wildman–Crippen LogP) is 1.67. The lowest BCUT2D eigenvalue weighted by atomic mass is 10.2.